The highest BCUT2D eigenvalue weighted by Crippen LogP contribution is 2.32. The van der Waals surface area contributed by atoms with Crippen molar-refractivity contribution in [2.45, 2.75) is 32.3 Å². The van der Waals surface area contributed by atoms with Crippen molar-refractivity contribution in [3.63, 3.8) is 0 Å². The third-order valence-electron chi connectivity index (χ3n) is 2.80. The third-order valence-corrected chi connectivity index (χ3v) is 2.80. The summed E-state index contributed by atoms with van der Waals surface area (Å²) in [7, 11) is 1.64. The van der Waals surface area contributed by atoms with Gasteiger partial charge in [-0.2, -0.15) is 0 Å². The summed E-state index contributed by atoms with van der Waals surface area (Å²) in [6, 6.07) is 5.66. The number of benzene rings is 1. The second-order valence-corrected chi connectivity index (χ2v) is 4.00. The highest BCUT2D eigenvalue weighted by atomic mass is 16.5. The molecule has 1 heterocycles. The van der Waals surface area contributed by atoms with E-state index in [1.165, 1.54) is 0 Å². The SMILES string of the molecule is CCCC(=O)C1Cc2cc(OC)ccc2O1. The van der Waals surface area contributed by atoms with Crippen LogP contribution in [0.4, 0.5) is 0 Å². The van der Waals surface area contributed by atoms with Crippen LogP contribution in [-0.4, -0.2) is 19.0 Å². The van der Waals surface area contributed by atoms with Crippen LogP contribution in [0.5, 0.6) is 11.5 Å². The normalized spacial score (nSPS) is 17.8. The van der Waals surface area contributed by atoms with E-state index in [2.05, 4.69) is 0 Å². The first kappa shape index (κ1) is 11.0. The number of methoxy groups -OCH3 is 1. The van der Waals surface area contributed by atoms with Crippen molar-refractivity contribution in [1.82, 2.24) is 0 Å². The molecular formula is C13H16O3. The Kier molecular flexibility index (Phi) is 3.13. The van der Waals surface area contributed by atoms with Crippen LogP contribution >= 0.6 is 0 Å². The predicted octanol–water partition coefficient (Wildman–Crippen LogP) is 2.37. The number of hydrogen-bond donors (Lipinski definition) is 0. The highest BCUT2D eigenvalue weighted by Gasteiger charge is 2.28. The van der Waals surface area contributed by atoms with E-state index in [4.69, 9.17) is 9.47 Å². The van der Waals surface area contributed by atoms with Crippen LogP contribution in [0.3, 0.4) is 0 Å². The van der Waals surface area contributed by atoms with Crippen LogP contribution in [0.15, 0.2) is 18.2 Å². The molecule has 1 aromatic rings. The van der Waals surface area contributed by atoms with E-state index in [0.29, 0.717) is 12.8 Å². The Morgan fingerprint density at radius 2 is 2.38 bits per heavy atom. The maximum Gasteiger partial charge on any atom is 0.173 e. The topological polar surface area (TPSA) is 35.5 Å². The van der Waals surface area contributed by atoms with Gasteiger partial charge in [-0.1, -0.05) is 6.92 Å². The summed E-state index contributed by atoms with van der Waals surface area (Å²) >= 11 is 0. The fraction of sp³-hybridized carbons (Fsp3) is 0.462. The van der Waals surface area contributed by atoms with Crippen LogP contribution in [0.2, 0.25) is 0 Å². The molecule has 1 aliphatic heterocycles. The maximum absolute atomic E-state index is 11.7. The molecule has 0 saturated heterocycles. The molecular weight excluding hydrogens is 204 g/mol. The largest absolute Gasteiger partial charge is 0.497 e. The number of carbonyl (C=O) groups is 1. The van der Waals surface area contributed by atoms with E-state index < -0.39 is 0 Å². The molecule has 1 aromatic carbocycles. The average molecular weight is 220 g/mol. The molecule has 0 aromatic heterocycles. The van der Waals surface area contributed by atoms with Crippen molar-refractivity contribution in [1.29, 1.82) is 0 Å². The maximum atomic E-state index is 11.7. The molecule has 0 N–H and O–H groups in total. The Labute approximate surface area is 95.4 Å². The molecule has 0 bridgehead atoms. The van der Waals surface area contributed by atoms with Crippen LogP contribution in [0.25, 0.3) is 0 Å². The lowest BCUT2D eigenvalue weighted by Gasteiger charge is -2.07. The van der Waals surface area contributed by atoms with E-state index >= 15 is 0 Å². The first-order valence-corrected chi connectivity index (χ1v) is 5.61. The molecule has 0 aliphatic carbocycles. The second kappa shape index (κ2) is 4.56. The van der Waals surface area contributed by atoms with Crippen LogP contribution in [0.1, 0.15) is 25.3 Å². The molecule has 3 heteroatoms. The summed E-state index contributed by atoms with van der Waals surface area (Å²) in [5.74, 6) is 1.82. The summed E-state index contributed by atoms with van der Waals surface area (Å²) in [6.07, 6.45) is 1.85. The van der Waals surface area contributed by atoms with Gasteiger partial charge in [0.25, 0.3) is 0 Å². The number of carbonyl (C=O) groups excluding carboxylic acids is 1. The highest BCUT2D eigenvalue weighted by molar-refractivity contribution is 5.84. The fourth-order valence-corrected chi connectivity index (χ4v) is 1.94. The van der Waals surface area contributed by atoms with Gasteiger partial charge in [-0.25, -0.2) is 0 Å². The summed E-state index contributed by atoms with van der Waals surface area (Å²) < 4.78 is 10.8. The minimum Gasteiger partial charge on any atom is -0.497 e. The lowest BCUT2D eigenvalue weighted by molar-refractivity contribution is -0.125. The van der Waals surface area contributed by atoms with Crippen LogP contribution in [0, 0.1) is 0 Å². The number of hydrogen-bond acceptors (Lipinski definition) is 3. The molecule has 0 saturated carbocycles. The van der Waals surface area contributed by atoms with Gasteiger partial charge in [-0.3, -0.25) is 4.79 Å². The van der Waals surface area contributed by atoms with Crippen molar-refractivity contribution in [2.24, 2.45) is 0 Å². The number of Topliss-reactive ketones (excluding diaryl/α,β-unsaturated/α-hetero) is 1. The van der Waals surface area contributed by atoms with Crippen molar-refractivity contribution in [3.05, 3.63) is 23.8 Å². The second-order valence-electron chi connectivity index (χ2n) is 4.00. The van der Waals surface area contributed by atoms with Gasteiger partial charge >= 0.3 is 0 Å². The molecule has 0 fully saturated rings. The molecule has 0 spiro atoms. The van der Waals surface area contributed by atoms with E-state index in [1.807, 2.05) is 25.1 Å². The van der Waals surface area contributed by atoms with Gasteiger partial charge in [-0.05, 0) is 24.6 Å². The quantitative estimate of drug-likeness (QED) is 0.781. The number of rotatable bonds is 4. The monoisotopic (exact) mass is 220 g/mol. The molecule has 86 valence electrons. The first-order valence-electron chi connectivity index (χ1n) is 5.61. The summed E-state index contributed by atoms with van der Waals surface area (Å²) in [5.41, 5.74) is 1.06. The Morgan fingerprint density at radius 1 is 1.56 bits per heavy atom. The Balaban J connectivity index is 2.11. The van der Waals surface area contributed by atoms with E-state index in [0.717, 1.165) is 23.5 Å². The zero-order chi connectivity index (χ0) is 11.5. The van der Waals surface area contributed by atoms with E-state index in [-0.39, 0.29) is 11.9 Å². The van der Waals surface area contributed by atoms with E-state index in [1.54, 1.807) is 7.11 Å². The van der Waals surface area contributed by atoms with Crippen molar-refractivity contribution < 1.29 is 14.3 Å². The smallest absolute Gasteiger partial charge is 0.173 e. The summed E-state index contributed by atoms with van der Waals surface area (Å²) in [5, 5.41) is 0. The molecule has 1 unspecified atom stereocenters. The van der Waals surface area contributed by atoms with Crippen molar-refractivity contribution in [2.75, 3.05) is 7.11 Å². The average Bonchev–Trinajstić information content (AvgIpc) is 2.71. The minimum atomic E-state index is -0.290. The number of fused-ring (bicyclic) bond motifs is 1. The van der Waals surface area contributed by atoms with Gasteiger partial charge in [0.1, 0.15) is 11.5 Å². The van der Waals surface area contributed by atoms with Crippen molar-refractivity contribution >= 4 is 5.78 Å². The molecule has 0 amide bonds. The minimum absolute atomic E-state index is 0.192. The number of ether oxygens (including phenoxy) is 2. The molecule has 1 atom stereocenters. The first-order chi connectivity index (χ1) is 7.74. The fourth-order valence-electron chi connectivity index (χ4n) is 1.94. The lowest BCUT2D eigenvalue weighted by Crippen LogP contribution is -2.24. The third kappa shape index (κ3) is 2.03. The Hall–Kier alpha value is -1.51. The van der Waals surface area contributed by atoms with Gasteiger partial charge in [0.2, 0.25) is 0 Å². The molecule has 3 nitrogen and oxygen atoms in total. The lowest BCUT2D eigenvalue weighted by atomic mass is 10.0. The predicted molar refractivity (Wildman–Crippen MR) is 61.0 cm³/mol. The van der Waals surface area contributed by atoms with E-state index in [9.17, 15) is 4.79 Å². The Bertz CT molecular complexity index is 398. The zero-order valence-electron chi connectivity index (χ0n) is 9.66. The summed E-state index contributed by atoms with van der Waals surface area (Å²) in [6.45, 7) is 2.00. The zero-order valence-corrected chi connectivity index (χ0v) is 9.66. The summed E-state index contributed by atoms with van der Waals surface area (Å²) in [4.78, 5) is 11.7. The van der Waals surface area contributed by atoms with Gasteiger partial charge in [0.15, 0.2) is 11.9 Å². The van der Waals surface area contributed by atoms with Gasteiger partial charge < -0.3 is 9.47 Å². The van der Waals surface area contributed by atoms with Crippen LogP contribution < -0.4 is 9.47 Å². The Morgan fingerprint density at radius 3 is 3.06 bits per heavy atom. The standard InChI is InChI=1S/C13H16O3/c1-3-4-11(14)13-8-9-7-10(15-2)5-6-12(9)16-13/h5-7,13H,3-4,8H2,1-2H3. The van der Waals surface area contributed by atoms with Gasteiger partial charge in [0, 0.05) is 18.4 Å². The van der Waals surface area contributed by atoms with Gasteiger partial charge in [0.05, 0.1) is 7.11 Å². The van der Waals surface area contributed by atoms with Crippen LogP contribution in [-0.2, 0) is 11.2 Å². The van der Waals surface area contributed by atoms with Gasteiger partial charge in [-0.15, -0.1) is 0 Å². The number of ketones is 1. The molecule has 1 aliphatic rings. The van der Waals surface area contributed by atoms with Crippen molar-refractivity contribution in [3.8, 4) is 11.5 Å². The molecule has 0 radical (unpaired) electrons. The molecule has 16 heavy (non-hydrogen) atoms. The molecule has 2 rings (SSSR count).